The Morgan fingerprint density at radius 2 is 1.70 bits per heavy atom. The van der Waals surface area contributed by atoms with Crippen molar-refractivity contribution < 1.29 is 9.53 Å². The maximum absolute atomic E-state index is 12.5. The maximum Gasteiger partial charge on any atom is 0.248 e. The van der Waals surface area contributed by atoms with Crippen LogP contribution < -0.4 is 0 Å². The smallest absolute Gasteiger partial charge is 0.248 e. The second-order valence-corrected chi connectivity index (χ2v) is 6.70. The van der Waals surface area contributed by atoms with Crippen molar-refractivity contribution in [3.8, 4) is 0 Å². The van der Waals surface area contributed by atoms with Crippen LogP contribution in [0.15, 0.2) is 0 Å². The van der Waals surface area contributed by atoms with E-state index in [0.717, 1.165) is 25.8 Å². The molecule has 3 aliphatic rings. The van der Waals surface area contributed by atoms with Gasteiger partial charge < -0.3 is 14.5 Å². The van der Waals surface area contributed by atoms with E-state index in [4.69, 9.17) is 4.74 Å². The fraction of sp³-hybridized carbons (Fsp3) is 0.938. The van der Waals surface area contributed by atoms with Crippen LogP contribution in [-0.4, -0.2) is 60.6 Å². The van der Waals surface area contributed by atoms with Crippen molar-refractivity contribution in [3.63, 3.8) is 0 Å². The summed E-state index contributed by atoms with van der Waals surface area (Å²) in [6.45, 7) is 2.42. The van der Waals surface area contributed by atoms with Gasteiger partial charge >= 0.3 is 0 Å². The van der Waals surface area contributed by atoms with Crippen molar-refractivity contribution in [3.05, 3.63) is 0 Å². The average Bonchev–Trinajstić information content (AvgIpc) is 3.16. The SMILES string of the molecule is CN1CCC[C@H]1[C@H]1CCCN1C(=O)COC1CCCC1. The summed E-state index contributed by atoms with van der Waals surface area (Å²) in [4.78, 5) is 17.0. The monoisotopic (exact) mass is 280 g/mol. The van der Waals surface area contributed by atoms with Crippen molar-refractivity contribution in [2.24, 2.45) is 0 Å². The summed E-state index contributed by atoms with van der Waals surface area (Å²) in [7, 11) is 2.20. The van der Waals surface area contributed by atoms with E-state index in [9.17, 15) is 4.79 Å². The summed E-state index contributed by atoms with van der Waals surface area (Å²) in [5.41, 5.74) is 0. The second kappa shape index (κ2) is 6.44. The third-order valence-corrected chi connectivity index (χ3v) is 5.39. The highest BCUT2D eigenvalue weighted by Gasteiger charge is 2.38. The Labute approximate surface area is 122 Å². The number of carbonyl (C=O) groups is 1. The molecular formula is C16H28N2O2. The van der Waals surface area contributed by atoms with E-state index >= 15 is 0 Å². The van der Waals surface area contributed by atoms with Gasteiger partial charge in [-0.05, 0) is 52.1 Å². The Bertz CT molecular complexity index is 341. The molecule has 0 aromatic rings. The minimum atomic E-state index is 0.222. The summed E-state index contributed by atoms with van der Waals surface area (Å²) in [5, 5.41) is 0. The summed E-state index contributed by atoms with van der Waals surface area (Å²) in [6, 6.07) is 1.01. The molecule has 2 atom stereocenters. The van der Waals surface area contributed by atoms with E-state index in [2.05, 4.69) is 16.8 Å². The normalized spacial score (nSPS) is 32.4. The topological polar surface area (TPSA) is 32.8 Å². The Hall–Kier alpha value is -0.610. The zero-order valence-electron chi connectivity index (χ0n) is 12.7. The van der Waals surface area contributed by atoms with Gasteiger partial charge in [0.1, 0.15) is 6.61 Å². The molecule has 3 fully saturated rings. The van der Waals surface area contributed by atoms with Gasteiger partial charge in [-0.15, -0.1) is 0 Å². The van der Waals surface area contributed by atoms with Crippen LogP contribution in [0.25, 0.3) is 0 Å². The highest BCUT2D eigenvalue weighted by atomic mass is 16.5. The van der Waals surface area contributed by atoms with Crippen LogP contribution in [0.4, 0.5) is 0 Å². The third kappa shape index (κ3) is 3.01. The quantitative estimate of drug-likeness (QED) is 0.790. The predicted molar refractivity (Wildman–Crippen MR) is 78.6 cm³/mol. The van der Waals surface area contributed by atoms with Crippen molar-refractivity contribution in [1.29, 1.82) is 0 Å². The van der Waals surface area contributed by atoms with Crippen LogP contribution in [-0.2, 0) is 9.53 Å². The molecule has 4 nitrogen and oxygen atoms in total. The van der Waals surface area contributed by atoms with Gasteiger partial charge in [-0.1, -0.05) is 12.8 Å². The Morgan fingerprint density at radius 1 is 1.00 bits per heavy atom. The number of likely N-dealkylation sites (N-methyl/N-ethyl adjacent to an activating group) is 1. The minimum absolute atomic E-state index is 0.222. The molecular weight excluding hydrogens is 252 g/mol. The van der Waals surface area contributed by atoms with Crippen LogP contribution in [0.2, 0.25) is 0 Å². The lowest BCUT2D eigenvalue weighted by molar-refractivity contribution is -0.139. The first-order valence-corrected chi connectivity index (χ1v) is 8.37. The molecule has 1 aliphatic carbocycles. The van der Waals surface area contributed by atoms with Crippen molar-refractivity contribution in [1.82, 2.24) is 9.80 Å². The number of hydrogen-bond donors (Lipinski definition) is 0. The van der Waals surface area contributed by atoms with Gasteiger partial charge in [0.05, 0.1) is 6.10 Å². The van der Waals surface area contributed by atoms with E-state index in [1.807, 2.05) is 0 Å². The van der Waals surface area contributed by atoms with Crippen molar-refractivity contribution in [2.75, 3.05) is 26.7 Å². The van der Waals surface area contributed by atoms with Gasteiger partial charge in [-0.25, -0.2) is 0 Å². The van der Waals surface area contributed by atoms with Gasteiger partial charge in [0.15, 0.2) is 0 Å². The molecule has 0 bridgehead atoms. The van der Waals surface area contributed by atoms with Gasteiger partial charge in [-0.2, -0.15) is 0 Å². The second-order valence-electron chi connectivity index (χ2n) is 6.70. The molecule has 0 aromatic heterocycles. The van der Waals surface area contributed by atoms with Crippen LogP contribution in [0.1, 0.15) is 51.4 Å². The van der Waals surface area contributed by atoms with Crippen LogP contribution in [0, 0.1) is 0 Å². The molecule has 2 saturated heterocycles. The van der Waals surface area contributed by atoms with E-state index in [1.54, 1.807) is 0 Å². The summed E-state index contributed by atoms with van der Waals surface area (Å²) in [5.74, 6) is 0.222. The first-order chi connectivity index (χ1) is 9.75. The van der Waals surface area contributed by atoms with Crippen LogP contribution in [0.3, 0.4) is 0 Å². The molecule has 0 N–H and O–H groups in total. The number of amides is 1. The highest BCUT2D eigenvalue weighted by molar-refractivity contribution is 5.78. The number of hydrogen-bond acceptors (Lipinski definition) is 3. The highest BCUT2D eigenvalue weighted by Crippen LogP contribution is 2.29. The fourth-order valence-corrected chi connectivity index (χ4v) is 4.25. The lowest BCUT2D eigenvalue weighted by atomic mass is 10.0. The maximum atomic E-state index is 12.5. The zero-order chi connectivity index (χ0) is 13.9. The Morgan fingerprint density at radius 3 is 2.40 bits per heavy atom. The van der Waals surface area contributed by atoms with E-state index in [1.165, 1.54) is 38.6 Å². The molecule has 0 aromatic carbocycles. The number of ether oxygens (including phenoxy) is 1. The Balaban J connectivity index is 1.52. The van der Waals surface area contributed by atoms with E-state index in [-0.39, 0.29) is 5.91 Å². The molecule has 4 heteroatoms. The first-order valence-electron chi connectivity index (χ1n) is 8.37. The van der Waals surface area contributed by atoms with E-state index in [0.29, 0.717) is 24.8 Å². The first kappa shape index (κ1) is 14.3. The van der Waals surface area contributed by atoms with Crippen molar-refractivity contribution >= 4 is 5.91 Å². The molecule has 1 saturated carbocycles. The molecule has 2 heterocycles. The summed E-state index contributed by atoms with van der Waals surface area (Å²) < 4.78 is 5.81. The zero-order valence-corrected chi connectivity index (χ0v) is 12.7. The number of likely N-dealkylation sites (tertiary alicyclic amines) is 2. The van der Waals surface area contributed by atoms with Gasteiger partial charge in [0.25, 0.3) is 0 Å². The molecule has 20 heavy (non-hydrogen) atoms. The number of carbonyl (C=O) groups excluding carboxylic acids is 1. The predicted octanol–water partition coefficient (Wildman–Crippen LogP) is 2.03. The lowest BCUT2D eigenvalue weighted by Gasteiger charge is -2.33. The lowest BCUT2D eigenvalue weighted by Crippen LogP contribution is -2.48. The molecule has 0 unspecified atom stereocenters. The largest absolute Gasteiger partial charge is 0.368 e. The fourth-order valence-electron chi connectivity index (χ4n) is 4.25. The van der Waals surface area contributed by atoms with Crippen molar-refractivity contribution in [2.45, 2.75) is 69.6 Å². The van der Waals surface area contributed by atoms with Gasteiger partial charge in [0.2, 0.25) is 5.91 Å². The van der Waals surface area contributed by atoms with Crippen LogP contribution in [0.5, 0.6) is 0 Å². The minimum Gasteiger partial charge on any atom is -0.368 e. The van der Waals surface area contributed by atoms with Crippen LogP contribution >= 0.6 is 0 Å². The van der Waals surface area contributed by atoms with Gasteiger partial charge in [0, 0.05) is 18.6 Å². The summed E-state index contributed by atoms with van der Waals surface area (Å²) >= 11 is 0. The van der Waals surface area contributed by atoms with Gasteiger partial charge in [-0.3, -0.25) is 4.79 Å². The molecule has 0 spiro atoms. The average molecular weight is 280 g/mol. The van der Waals surface area contributed by atoms with E-state index < -0.39 is 0 Å². The standard InChI is InChI=1S/C16H28N2O2/c1-17-10-4-8-14(17)15-9-5-11-18(15)16(19)12-20-13-6-2-3-7-13/h13-15H,2-12H2,1H3/t14-,15+/m0/s1. The molecule has 3 rings (SSSR count). The number of rotatable bonds is 4. The molecule has 0 radical (unpaired) electrons. The molecule has 1 amide bonds. The third-order valence-electron chi connectivity index (χ3n) is 5.39. The Kier molecular flexibility index (Phi) is 4.61. The molecule has 2 aliphatic heterocycles. The molecule has 114 valence electrons. The summed E-state index contributed by atoms with van der Waals surface area (Å²) in [6.07, 6.45) is 10.00. The number of nitrogens with zero attached hydrogens (tertiary/aromatic N) is 2.